The number of amides is 1. The molecule has 0 saturated carbocycles. The van der Waals surface area contributed by atoms with E-state index >= 15 is 0 Å². The number of rotatable bonds is 8. The first-order valence-corrected chi connectivity index (χ1v) is 13.1. The Balaban J connectivity index is 1.73. The molecule has 4 rings (SSSR count). The van der Waals surface area contributed by atoms with Crippen LogP contribution in [0.2, 0.25) is 0 Å². The van der Waals surface area contributed by atoms with E-state index in [2.05, 4.69) is 20.3 Å². The molecule has 0 radical (unpaired) electrons. The van der Waals surface area contributed by atoms with Crippen LogP contribution < -0.4 is 10.9 Å². The van der Waals surface area contributed by atoms with Crippen LogP contribution in [0.1, 0.15) is 30.4 Å². The zero-order valence-electron chi connectivity index (χ0n) is 20.5. The van der Waals surface area contributed by atoms with Gasteiger partial charge in [-0.25, -0.2) is 9.78 Å². The van der Waals surface area contributed by atoms with Crippen LogP contribution in [0.3, 0.4) is 0 Å². The third kappa shape index (κ3) is 5.90. The molecule has 4 atom stereocenters. The molecule has 1 aromatic carbocycles. The predicted octanol–water partition coefficient (Wildman–Crippen LogP) is 1.54. The number of hydrogen-bond donors (Lipinski definition) is 4. The number of ether oxygens (including phenoxy) is 3. The first-order valence-electron chi connectivity index (χ1n) is 11.4. The van der Waals surface area contributed by atoms with Crippen LogP contribution in [-0.2, 0) is 23.6 Å². The molecule has 3 aromatic rings. The number of carbonyl (C=O) groups excluding carboxylic acids is 2. The summed E-state index contributed by atoms with van der Waals surface area (Å²) in [6.07, 6.45) is -2.05. The molecular formula is C23H26N5O9P. The maximum Gasteiger partial charge on any atom is 0.348 e. The Morgan fingerprint density at radius 3 is 2.58 bits per heavy atom. The lowest BCUT2D eigenvalue weighted by molar-refractivity contribution is -0.118. The summed E-state index contributed by atoms with van der Waals surface area (Å²) in [4.78, 5) is 67.1. The van der Waals surface area contributed by atoms with Crippen molar-refractivity contribution in [2.75, 3.05) is 12.4 Å². The quantitative estimate of drug-likeness (QED) is 0.236. The van der Waals surface area contributed by atoms with Gasteiger partial charge >= 0.3 is 13.6 Å². The van der Waals surface area contributed by atoms with E-state index in [0.29, 0.717) is 5.82 Å². The maximum atomic E-state index is 12.8. The fraction of sp³-hybridized carbons (Fsp3) is 0.348. The highest BCUT2D eigenvalue weighted by Gasteiger charge is 2.48. The number of benzene rings is 1. The van der Waals surface area contributed by atoms with Crippen LogP contribution in [0.5, 0.6) is 0 Å². The topological polar surface area (TPSA) is 195 Å². The summed E-state index contributed by atoms with van der Waals surface area (Å²) in [5, 5.41) is 2.52. The highest BCUT2D eigenvalue weighted by Crippen LogP contribution is 2.40. The first-order chi connectivity index (χ1) is 18.0. The number of methoxy groups -OCH3 is 1. The second kappa shape index (κ2) is 11.0. The number of hydrogen-bond acceptors (Lipinski definition) is 9. The normalized spacial score (nSPS) is 21.8. The number of carbonyl (C=O) groups is 2. The fourth-order valence-electron chi connectivity index (χ4n) is 3.82. The highest BCUT2D eigenvalue weighted by atomic mass is 31.2. The van der Waals surface area contributed by atoms with E-state index in [1.807, 2.05) is 0 Å². The van der Waals surface area contributed by atoms with E-state index < -0.39 is 43.7 Å². The predicted molar refractivity (Wildman–Crippen MR) is 133 cm³/mol. The van der Waals surface area contributed by atoms with E-state index in [0.717, 1.165) is 6.08 Å². The third-order valence-electron chi connectivity index (χ3n) is 5.69. The Morgan fingerprint density at radius 2 is 1.95 bits per heavy atom. The zero-order valence-corrected chi connectivity index (χ0v) is 21.4. The van der Waals surface area contributed by atoms with Gasteiger partial charge in [0, 0.05) is 18.8 Å². The third-order valence-corrected chi connectivity index (χ3v) is 6.25. The second-order valence-electron chi connectivity index (χ2n) is 8.74. The van der Waals surface area contributed by atoms with Crippen LogP contribution in [0.15, 0.2) is 53.3 Å². The molecule has 38 heavy (non-hydrogen) atoms. The van der Waals surface area contributed by atoms with E-state index in [-0.39, 0.29) is 34.5 Å². The van der Waals surface area contributed by atoms with E-state index in [9.17, 15) is 28.7 Å². The zero-order chi connectivity index (χ0) is 27.6. The van der Waals surface area contributed by atoms with Crippen LogP contribution in [-0.4, -0.2) is 66.6 Å². The lowest BCUT2D eigenvalue weighted by Gasteiger charge is -2.23. The Labute approximate surface area is 215 Å². The number of nitrogens with zero attached hydrogens (tertiary/aromatic N) is 3. The molecule has 14 nitrogen and oxygen atoms in total. The molecule has 1 saturated heterocycles. The van der Waals surface area contributed by atoms with Crippen molar-refractivity contribution in [2.24, 2.45) is 5.92 Å². The minimum atomic E-state index is -4.58. The minimum absolute atomic E-state index is 0.0348. The smallest absolute Gasteiger partial charge is 0.348 e. The number of imidazole rings is 1. The highest BCUT2D eigenvalue weighted by molar-refractivity contribution is 7.55. The molecule has 1 amide bonds. The van der Waals surface area contributed by atoms with Gasteiger partial charge in [0.15, 0.2) is 23.5 Å². The van der Waals surface area contributed by atoms with Gasteiger partial charge in [0.05, 0.1) is 11.9 Å². The van der Waals surface area contributed by atoms with Crippen molar-refractivity contribution in [1.82, 2.24) is 19.5 Å². The van der Waals surface area contributed by atoms with Crippen LogP contribution >= 0.6 is 7.60 Å². The molecule has 0 spiro atoms. The molecule has 4 N–H and O–H groups in total. The van der Waals surface area contributed by atoms with Gasteiger partial charge < -0.3 is 24.0 Å². The average Bonchev–Trinajstić information content (AvgIpc) is 3.44. The Morgan fingerprint density at radius 1 is 1.24 bits per heavy atom. The van der Waals surface area contributed by atoms with Crippen molar-refractivity contribution in [3.8, 4) is 0 Å². The number of fused-ring (bicyclic) bond motifs is 1. The number of nitrogens with one attached hydrogen (secondary N) is 2. The largest absolute Gasteiger partial charge is 0.453 e. The second-order valence-corrected chi connectivity index (χ2v) is 10.2. The molecule has 1 fully saturated rings. The standard InChI is InChI=1S/C23H26N5O9P/c1-12(2)19(29)26-23-25-18-15(20(30)27-23)24-11-28(18)21-17(35-3)16(14(36-21)9-10-38(32,33)34)37-22(31)13-7-5-4-6-8-13/h4-12,14,16-17,21H,1-3H3,(H2,32,33,34)(H2,25,26,27,29,30). The Hall–Kier alpha value is -3.68. The number of aromatic nitrogens is 4. The summed E-state index contributed by atoms with van der Waals surface area (Å²) in [5.74, 6) is -0.926. The number of aromatic amines is 1. The maximum absolute atomic E-state index is 12.8. The van der Waals surface area contributed by atoms with Gasteiger partial charge in [0.2, 0.25) is 11.9 Å². The number of H-pyrrole nitrogens is 1. The molecule has 1 aliphatic heterocycles. The van der Waals surface area contributed by atoms with Gasteiger partial charge in [-0.1, -0.05) is 32.0 Å². The summed E-state index contributed by atoms with van der Waals surface area (Å²) in [7, 11) is -3.24. The average molecular weight is 547 g/mol. The van der Waals surface area contributed by atoms with E-state index in [1.54, 1.807) is 44.2 Å². The number of anilines is 1. The molecular weight excluding hydrogens is 521 g/mol. The summed E-state index contributed by atoms with van der Waals surface area (Å²) < 4.78 is 30.1. The Bertz CT molecular complexity index is 1460. The van der Waals surface area contributed by atoms with E-state index in [4.69, 9.17) is 14.2 Å². The van der Waals surface area contributed by atoms with Gasteiger partial charge in [-0.2, -0.15) is 4.98 Å². The summed E-state index contributed by atoms with van der Waals surface area (Å²) in [5.41, 5.74) is -0.397. The lowest BCUT2D eigenvalue weighted by atomic mass is 10.1. The van der Waals surface area contributed by atoms with Gasteiger partial charge in [0.1, 0.15) is 12.2 Å². The van der Waals surface area contributed by atoms with Crippen LogP contribution in [0.25, 0.3) is 11.2 Å². The molecule has 15 heteroatoms. The van der Waals surface area contributed by atoms with E-state index in [1.165, 1.54) is 18.0 Å². The molecule has 4 unspecified atom stereocenters. The summed E-state index contributed by atoms with van der Waals surface area (Å²) in [6.45, 7) is 3.35. The molecule has 1 aliphatic rings. The van der Waals surface area contributed by atoms with Crippen LogP contribution in [0, 0.1) is 5.92 Å². The molecule has 2 aromatic heterocycles. The van der Waals surface area contributed by atoms with Crippen molar-refractivity contribution in [3.63, 3.8) is 0 Å². The molecule has 202 valence electrons. The SMILES string of the molecule is COC1C(OC(=O)c2ccccc2)C(C=CP(=O)(O)O)OC1n1cnc2c(=O)[nH]c(NC(=O)C(C)C)nc21. The number of esters is 1. The molecule has 0 bridgehead atoms. The Kier molecular flexibility index (Phi) is 7.90. The van der Waals surface area contributed by atoms with Crippen molar-refractivity contribution in [1.29, 1.82) is 0 Å². The van der Waals surface area contributed by atoms with Crippen molar-refractivity contribution in [3.05, 3.63) is 64.5 Å². The van der Waals surface area contributed by atoms with Crippen LogP contribution in [0.4, 0.5) is 5.95 Å². The van der Waals surface area contributed by atoms with Gasteiger partial charge in [-0.05, 0) is 18.2 Å². The fourth-order valence-corrected chi connectivity index (χ4v) is 4.22. The van der Waals surface area contributed by atoms with Crippen molar-refractivity contribution < 1.29 is 38.2 Å². The lowest BCUT2D eigenvalue weighted by Crippen LogP contribution is -2.37. The molecule has 3 heterocycles. The van der Waals surface area contributed by atoms with Crippen molar-refractivity contribution in [2.45, 2.75) is 38.4 Å². The van der Waals surface area contributed by atoms with Gasteiger partial charge in [0.25, 0.3) is 5.56 Å². The van der Waals surface area contributed by atoms with Crippen molar-refractivity contribution >= 4 is 36.6 Å². The monoisotopic (exact) mass is 547 g/mol. The van der Waals surface area contributed by atoms with Gasteiger partial charge in [-0.15, -0.1) is 0 Å². The minimum Gasteiger partial charge on any atom is -0.453 e. The summed E-state index contributed by atoms with van der Waals surface area (Å²) in [6, 6.07) is 8.13. The van der Waals surface area contributed by atoms with Gasteiger partial charge in [-0.3, -0.25) is 29.0 Å². The first kappa shape index (κ1) is 27.4. The molecule has 0 aliphatic carbocycles. The summed E-state index contributed by atoms with van der Waals surface area (Å²) >= 11 is 0.